The van der Waals surface area contributed by atoms with Gasteiger partial charge in [-0.2, -0.15) is 0 Å². The molecular weight excluding hydrogens is 492 g/mol. The second-order valence-electron chi connectivity index (χ2n) is 10.1. The number of benzene rings is 2. The maximum Gasteiger partial charge on any atom is 0.343 e. The summed E-state index contributed by atoms with van der Waals surface area (Å²) in [6.45, 7) is 3.58. The Kier molecular flexibility index (Phi) is 17.4. The van der Waals surface area contributed by atoms with Gasteiger partial charge in [-0.1, -0.05) is 84.0 Å². The molecule has 216 valence electrons. The number of hydrogen-bond acceptors (Lipinski definition) is 6. The molecule has 6 nitrogen and oxygen atoms in total. The summed E-state index contributed by atoms with van der Waals surface area (Å²) in [6, 6.07) is 13.4. The number of hydrogen-bond donors (Lipinski definition) is 1. The molecule has 0 spiro atoms. The lowest BCUT2D eigenvalue weighted by atomic mass is 10.1. The van der Waals surface area contributed by atoms with Crippen molar-refractivity contribution in [3.05, 3.63) is 59.7 Å². The molecule has 0 unspecified atom stereocenters. The number of carbonyl (C=O) groups excluding carboxylic acids is 2. The van der Waals surface area contributed by atoms with E-state index in [4.69, 9.17) is 19.3 Å². The molecule has 0 bridgehead atoms. The molecule has 6 heteroatoms. The van der Waals surface area contributed by atoms with Crippen molar-refractivity contribution in [3.63, 3.8) is 0 Å². The quantitative estimate of drug-likeness (QED) is 0.0919. The van der Waals surface area contributed by atoms with Gasteiger partial charge >= 0.3 is 11.9 Å². The molecule has 0 saturated carbocycles. The molecule has 0 saturated heterocycles. The Labute approximate surface area is 235 Å². The smallest absolute Gasteiger partial charge is 0.343 e. The zero-order valence-electron chi connectivity index (χ0n) is 23.8. The van der Waals surface area contributed by atoms with Crippen LogP contribution in [0.5, 0.6) is 11.5 Å². The fourth-order valence-electron chi connectivity index (χ4n) is 4.28. The Hall–Kier alpha value is -2.86. The van der Waals surface area contributed by atoms with E-state index in [0.717, 1.165) is 57.1 Å². The van der Waals surface area contributed by atoms with Gasteiger partial charge in [-0.3, -0.25) is 0 Å². The molecule has 39 heavy (non-hydrogen) atoms. The first-order chi connectivity index (χ1) is 19.1. The molecule has 0 radical (unpaired) electrons. The van der Waals surface area contributed by atoms with Gasteiger partial charge in [0.1, 0.15) is 11.5 Å². The lowest BCUT2D eigenvalue weighted by Gasteiger charge is -2.08. The van der Waals surface area contributed by atoms with Crippen LogP contribution in [0, 0.1) is 0 Å². The van der Waals surface area contributed by atoms with Crippen LogP contribution in [0.1, 0.15) is 124 Å². The standard InChI is InChI=1S/C33H48O6/c1-2-3-4-5-6-9-12-15-26-37-30-21-17-29(18-22-30)33(36)39-31-23-19-28(20-24-31)32(35)38-27-16-13-10-7-8-11-14-25-34/h17-24,34H,2-16,25-27H2,1H3. The second kappa shape index (κ2) is 21.0. The van der Waals surface area contributed by atoms with Gasteiger partial charge in [-0.05, 0) is 67.8 Å². The van der Waals surface area contributed by atoms with Crippen molar-refractivity contribution in [1.29, 1.82) is 0 Å². The zero-order valence-corrected chi connectivity index (χ0v) is 23.8. The van der Waals surface area contributed by atoms with Gasteiger partial charge in [0.05, 0.1) is 24.3 Å². The number of rotatable bonds is 22. The fraction of sp³-hybridized carbons (Fsp3) is 0.576. The van der Waals surface area contributed by atoms with E-state index in [0.29, 0.717) is 30.1 Å². The number of unbranched alkanes of at least 4 members (excludes halogenated alkanes) is 13. The van der Waals surface area contributed by atoms with Crippen molar-refractivity contribution in [2.45, 2.75) is 103 Å². The lowest BCUT2D eigenvalue weighted by molar-refractivity contribution is 0.0497. The normalized spacial score (nSPS) is 10.8. The van der Waals surface area contributed by atoms with Crippen molar-refractivity contribution >= 4 is 11.9 Å². The van der Waals surface area contributed by atoms with Gasteiger partial charge in [0.25, 0.3) is 0 Å². The average Bonchev–Trinajstić information content (AvgIpc) is 2.96. The van der Waals surface area contributed by atoms with Gasteiger partial charge in [-0.25, -0.2) is 9.59 Å². The van der Waals surface area contributed by atoms with Gasteiger partial charge in [-0.15, -0.1) is 0 Å². The molecule has 2 aromatic rings. The highest BCUT2D eigenvalue weighted by Gasteiger charge is 2.11. The molecule has 0 heterocycles. The Morgan fingerprint density at radius 3 is 1.59 bits per heavy atom. The third kappa shape index (κ3) is 14.8. The van der Waals surface area contributed by atoms with E-state index < -0.39 is 5.97 Å². The van der Waals surface area contributed by atoms with Crippen LogP contribution in [0.3, 0.4) is 0 Å². The van der Waals surface area contributed by atoms with E-state index in [1.54, 1.807) is 48.5 Å². The number of aliphatic hydroxyl groups excluding tert-OH is 1. The Morgan fingerprint density at radius 1 is 0.564 bits per heavy atom. The predicted molar refractivity (Wildman–Crippen MR) is 156 cm³/mol. The average molecular weight is 541 g/mol. The van der Waals surface area contributed by atoms with Gasteiger partial charge in [0.15, 0.2) is 0 Å². The Bertz CT molecular complexity index is 907. The molecule has 0 amide bonds. The number of carbonyl (C=O) groups is 2. The molecule has 0 aliphatic carbocycles. The first-order valence-electron chi connectivity index (χ1n) is 15.0. The van der Waals surface area contributed by atoms with Crippen molar-refractivity contribution in [3.8, 4) is 11.5 Å². The van der Waals surface area contributed by atoms with Crippen LogP contribution in [-0.4, -0.2) is 36.9 Å². The molecule has 1 N–H and O–H groups in total. The molecule has 2 aromatic carbocycles. The highest BCUT2D eigenvalue weighted by Crippen LogP contribution is 2.18. The summed E-state index contributed by atoms with van der Waals surface area (Å²) in [5, 5.41) is 8.78. The van der Waals surface area contributed by atoms with Gasteiger partial charge in [0.2, 0.25) is 0 Å². The SMILES string of the molecule is CCCCCCCCCCOc1ccc(C(=O)Oc2ccc(C(=O)OCCCCCCCCCO)cc2)cc1. The van der Waals surface area contributed by atoms with Crippen molar-refractivity contribution in [2.24, 2.45) is 0 Å². The van der Waals surface area contributed by atoms with Crippen LogP contribution in [0.25, 0.3) is 0 Å². The van der Waals surface area contributed by atoms with Gasteiger partial charge in [0, 0.05) is 6.61 Å². The second-order valence-corrected chi connectivity index (χ2v) is 10.1. The largest absolute Gasteiger partial charge is 0.494 e. The molecule has 2 rings (SSSR count). The van der Waals surface area contributed by atoms with Crippen LogP contribution in [0.2, 0.25) is 0 Å². The molecule has 0 fully saturated rings. The summed E-state index contributed by atoms with van der Waals surface area (Å²) < 4.78 is 16.6. The highest BCUT2D eigenvalue weighted by atomic mass is 16.5. The van der Waals surface area contributed by atoms with E-state index in [-0.39, 0.29) is 12.6 Å². The van der Waals surface area contributed by atoms with Gasteiger partial charge < -0.3 is 19.3 Å². The fourth-order valence-corrected chi connectivity index (χ4v) is 4.28. The monoisotopic (exact) mass is 540 g/mol. The maximum absolute atomic E-state index is 12.5. The highest BCUT2D eigenvalue weighted by molar-refractivity contribution is 5.92. The van der Waals surface area contributed by atoms with Crippen LogP contribution < -0.4 is 9.47 Å². The summed E-state index contributed by atoms with van der Waals surface area (Å²) in [4.78, 5) is 24.8. The van der Waals surface area contributed by atoms with E-state index in [9.17, 15) is 9.59 Å². The van der Waals surface area contributed by atoms with Crippen LogP contribution in [-0.2, 0) is 4.74 Å². The van der Waals surface area contributed by atoms with Crippen LogP contribution in [0.15, 0.2) is 48.5 Å². The topological polar surface area (TPSA) is 82.1 Å². The molecule has 0 atom stereocenters. The summed E-state index contributed by atoms with van der Waals surface area (Å²) >= 11 is 0. The van der Waals surface area contributed by atoms with Crippen molar-refractivity contribution in [1.82, 2.24) is 0 Å². The lowest BCUT2D eigenvalue weighted by Crippen LogP contribution is -2.09. The number of esters is 2. The maximum atomic E-state index is 12.5. The van der Waals surface area contributed by atoms with E-state index >= 15 is 0 Å². The van der Waals surface area contributed by atoms with E-state index in [1.165, 1.54) is 44.9 Å². The van der Waals surface area contributed by atoms with Crippen molar-refractivity contribution in [2.75, 3.05) is 19.8 Å². The molecule has 0 aromatic heterocycles. The number of aliphatic hydroxyl groups is 1. The summed E-state index contributed by atoms with van der Waals surface area (Å²) in [5.74, 6) is 0.276. The third-order valence-corrected chi connectivity index (χ3v) is 6.69. The molecule has 0 aliphatic rings. The first kappa shape index (κ1) is 32.4. The Morgan fingerprint density at radius 2 is 1.03 bits per heavy atom. The molecule has 0 aliphatic heterocycles. The Balaban J connectivity index is 1.61. The summed E-state index contributed by atoms with van der Waals surface area (Å²) in [5.41, 5.74) is 0.864. The van der Waals surface area contributed by atoms with E-state index in [2.05, 4.69) is 6.92 Å². The number of ether oxygens (including phenoxy) is 3. The third-order valence-electron chi connectivity index (χ3n) is 6.69. The van der Waals surface area contributed by atoms with Crippen LogP contribution >= 0.6 is 0 Å². The minimum absolute atomic E-state index is 0.266. The first-order valence-corrected chi connectivity index (χ1v) is 15.0. The predicted octanol–water partition coefficient (Wildman–Crippen LogP) is 8.31. The molecular formula is C33H48O6. The minimum Gasteiger partial charge on any atom is -0.494 e. The summed E-state index contributed by atoms with van der Waals surface area (Å²) in [7, 11) is 0. The van der Waals surface area contributed by atoms with E-state index in [1.807, 2.05) is 0 Å². The zero-order chi connectivity index (χ0) is 28.0. The van der Waals surface area contributed by atoms with Crippen molar-refractivity contribution < 1.29 is 28.9 Å². The summed E-state index contributed by atoms with van der Waals surface area (Å²) in [6.07, 6.45) is 17.3. The van der Waals surface area contributed by atoms with Crippen LogP contribution in [0.4, 0.5) is 0 Å². The minimum atomic E-state index is -0.462.